The maximum atomic E-state index is 6.21. The zero-order valence-electron chi connectivity index (χ0n) is 14.4. The van der Waals surface area contributed by atoms with Crippen LogP contribution >= 0.6 is 23.2 Å². The summed E-state index contributed by atoms with van der Waals surface area (Å²) < 4.78 is 0. The number of hydrogen-bond acceptors (Lipinski definition) is 4. The third-order valence-electron chi connectivity index (χ3n) is 4.05. The van der Waals surface area contributed by atoms with Gasteiger partial charge < -0.3 is 0 Å². The van der Waals surface area contributed by atoms with Crippen LogP contribution in [0.15, 0.2) is 71.9 Å². The van der Waals surface area contributed by atoms with Crippen LogP contribution < -0.4 is 0 Å². The fourth-order valence-electron chi connectivity index (χ4n) is 2.68. The molecule has 0 saturated carbocycles. The quantitative estimate of drug-likeness (QED) is 0.393. The summed E-state index contributed by atoms with van der Waals surface area (Å²) in [5.41, 5.74) is 5.08. The zero-order chi connectivity index (χ0) is 18.8. The van der Waals surface area contributed by atoms with Gasteiger partial charge in [0, 0.05) is 0 Å². The van der Waals surface area contributed by atoms with E-state index in [1.165, 1.54) is 0 Å². The lowest BCUT2D eigenvalue weighted by atomic mass is 10.2. The van der Waals surface area contributed by atoms with E-state index >= 15 is 0 Å². The fourth-order valence-corrected chi connectivity index (χ4v) is 3.16. The molecule has 0 radical (unpaired) electrons. The van der Waals surface area contributed by atoms with Gasteiger partial charge in [-0.25, -0.2) is 15.0 Å². The fraction of sp³-hybridized carbons (Fsp3) is 0.0476. The van der Waals surface area contributed by atoms with Crippen molar-refractivity contribution in [2.24, 2.45) is 4.99 Å². The molecule has 6 heteroatoms. The van der Waals surface area contributed by atoms with Crippen molar-refractivity contribution < 1.29 is 0 Å². The molecule has 0 aliphatic heterocycles. The number of aromatic nitrogens is 3. The summed E-state index contributed by atoms with van der Waals surface area (Å²) in [6.07, 6.45) is 1.73. The average molecular weight is 393 g/mol. The molecular weight excluding hydrogens is 379 g/mol. The Bertz CT molecular complexity index is 1150. The Morgan fingerprint density at radius 1 is 0.778 bits per heavy atom. The lowest BCUT2D eigenvalue weighted by Crippen LogP contribution is -2.00. The van der Waals surface area contributed by atoms with E-state index in [1.54, 1.807) is 24.4 Å². The minimum absolute atomic E-state index is 0.499. The van der Waals surface area contributed by atoms with E-state index in [0.29, 0.717) is 27.1 Å². The van der Waals surface area contributed by atoms with E-state index in [4.69, 9.17) is 23.2 Å². The summed E-state index contributed by atoms with van der Waals surface area (Å²) >= 11 is 12.4. The molecule has 0 unspecified atom stereocenters. The number of aliphatic imine (C=N–C) groups is 1. The van der Waals surface area contributed by atoms with E-state index in [9.17, 15) is 0 Å². The molecule has 4 rings (SSSR count). The molecule has 0 bridgehead atoms. The number of para-hydroxylation sites is 3. The van der Waals surface area contributed by atoms with Crippen molar-refractivity contribution in [1.29, 1.82) is 0 Å². The molecule has 2 aromatic heterocycles. The van der Waals surface area contributed by atoms with Gasteiger partial charge in [-0.1, -0.05) is 47.5 Å². The average Bonchev–Trinajstić information content (AvgIpc) is 2.70. The van der Waals surface area contributed by atoms with Gasteiger partial charge in [-0.15, -0.1) is 0 Å². The molecule has 0 amide bonds. The van der Waals surface area contributed by atoms with E-state index in [-0.39, 0.29) is 0 Å². The summed E-state index contributed by atoms with van der Waals surface area (Å²) in [6, 6.07) is 18.8. The van der Waals surface area contributed by atoms with Crippen LogP contribution in [0.25, 0.3) is 22.4 Å². The Kier molecular flexibility index (Phi) is 4.84. The maximum Gasteiger partial charge on any atom is 0.108 e. The first kappa shape index (κ1) is 17.6. The minimum atomic E-state index is 0.499. The normalized spacial score (nSPS) is 11.7. The Balaban J connectivity index is 1.74. The van der Waals surface area contributed by atoms with Crippen molar-refractivity contribution in [2.75, 3.05) is 0 Å². The zero-order valence-corrected chi connectivity index (χ0v) is 15.9. The molecule has 0 fully saturated rings. The molecule has 0 spiro atoms. The molecule has 0 N–H and O–H groups in total. The van der Waals surface area contributed by atoms with E-state index in [2.05, 4.69) is 19.9 Å². The highest BCUT2D eigenvalue weighted by Gasteiger charge is 2.09. The molecule has 4 aromatic rings. The van der Waals surface area contributed by atoms with Crippen molar-refractivity contribution in [3.63, 3.8) is 0 Å². The van der Waals surface area contributed by atoms with Crippen molar-refractivity contribution in [3.05, 3.63) is 82.6 Å². The first-order chi connectivity index (χ1) is 13.1. The number of halogens is 2. The van der Waals surface area contributed by atoms with Crippen LogP contribution in [-0.4, -0.2) is 20.7 Å². The van der Waals surface area contributed by atoms with Gasteiger partial charge in [0.05, 0.1) is 44.4 Å². The molecular formula is C21H14Cl2N4. The standard InChI is InChI=1S/C21H14Cl2N4/c1-13(25-21-14(22)6-4-7-15(21)23)16-10-5-11-19(26-16)20-12-24-17-8-2-3-9-18(17)27-20/h2-12H,1H3. The third kappa shape index (κ3) is 3.68. The molecule has 0 atom stereocenters. The van der Waals surface area contributed by atoms with Gasteiger partial charge in [0.1, 0.15) is 11.4 Å². The van der Waals surface area contributed by atoms with Crippen LogP contribution in [0.5, 0.6) is 0 Å². The van der Waals surface area contributed by atoms with Crippen LogP contribution in [0.3, 0.4) is 0 Å². The number of hydrogen-bond donors (Lipinski definition) is 0. The van der Waals surface area contributed by atoms with E-state index in [1.807, 2.05) is 49.4 Å². The number of nitrogens with zero attached hydrogens (tertiary/aromatic N) is 4. The largest absolute Gasteiger partial charge is 0.252 e. The molecule has 4 nitrogen and oxygen atoms in total. The third-order valence-corrected chi connectivity index (χ3v) is 4.66. The summed E-state index contributed by atoms with van der Waals surface area (Å²) in [5.74, 6) is 0. The van der Waals surface area contributed by atoms with Crippen molar-refractivity contribution in [1.82, 2.24) is 15.0 Å². The van der Waals surface area contributed by atoms with Crippen molar-refractivity contribution in [2.45, 2.75) is 6.92 Å². The van der Waals surface area contributed by atoms with Gasteiger partial charge in [0.25, 0.3) is 0 Å². The molecule has 0 saturated heterocycles. The Morgan fingerprint density at radius 3 is 2.26 bits per heavy atom. The number of benzene rings is 2. The van der Waals surface area contributed by atoms with Crippen LogP contribution in [0.4, 0.5) is 5.69 Å². The predicted octanol–water partition coefficient (Wildman–Crippen LogP) is 6.14. The van der Waals surface area contributed by atoms with Crippen LogP contribution in [0, 0.1) is 0 Å². The number of fused-ring (bicyclic) bond motifs is 1. The minimum Gasteiger partial charge on any atom is -0.252 e. The lowest BCUT2D eigenvalue weighted by Gasteiger charge is -2.06. The molecule has 2 heterocycles. The molecule has 0 aliphatic rings. The Labute approximate surface area is 166 Å². The van der Waals surface area contributed by atoms with Crippen LogP contribution in [0.1, 0.15) is 12.6 Å². The van der Waals surface area contributed by atoms with Gasteiger partial charge in [-0.2, -0.15) is 0 Å². The highest BCUT2D eigenvalue weighted by molar-refractivity contribution is 6.39. The van der Waals surface area contributed by atoms with Gasteiger partial charge in [-0.05, 0) is 43.3 Å². The molecule has 0 aliphatic carbocycles. The SMILES string of the molecule is CC(=Nc1c(Cl)cccc1Cl)c1cccc(-c2cnc3ccccc3n2)n1. The maximum absolute atomic E-state index is 6.21. The van der Waals surface area contributed by atoms with E-state index < -0.39 is 0 Å². The van der Waals surface area contributed by atoms with Gasteiger partial charge in [0.2, 0.25) is 0 Å². The van der Waals surface area contributed by atoms with Crippen molar-refractivity contribution >= 4 is 45.6 Å². The van der Waals surface area contributed by atoms with Gasteiger partial charge in [-0.3, -0.25) is 4.98 Å². The number of rotatable bonds is 3. The summed E-state index contributed by atoms with van der Waals surface area (Å²) in [7, 11) is 0. The van der Waals surface area contributed by atoms with Gasteiger partial charge >= 0.3 is 0 Å². The Morgan fingerprint density at radius 2 is 1.48 bits per heavy atom. The summed E-state index contributed by atoms with van der Waals surface area (Å²) in [5, 5.41) is 0.997. The smallest absolute Gasteiger partial charge is 0.108 e. The highest BCUT2D eigenvalue weighted by Crippen LogP contribution is 2.33. The first-order valence-electron chi connectivity index (χ1n) is 8.31. The van der Waals surface area contributed by atoms with Crippen LogP contribution in [-0.2, 0) is 0 Å². The van der Waals surface area contributed by atoms with Gasteiger partial charge in [0.15, 0.2) is 0 Å². The second-order valence-electron chi connectivity index (χ2n) is 5.92. The van der Waals surface area contributed by atoms with Crippen molar-refractivity contribution in [3.8, 4) is 11.4 Å². The molecule has 27 heavy (non-hydrogen) atoms. The monoisotopic (exact) mass is 392 g/mol. The number of pyridine rings is 1. The Hall–Kier alpha value is -2.82. The first-order valence-corrected chi connectivity index (χ1v) is 9.06. The highest BCUT2D eigenvalue weighted by atomic mass is 35.5. The topological polar surface area (TPSA) is 51.0 Å². The second kappa shape index (κ2) is 7.43. The molecule has 2 aromatic carbocycles. The summed E-state index contributed by atoms with van der Waals surface area (Å²) in [6.45, 7) is 1.87. The summed E-state index contributed by atoms with van der Waals surface area (Å²) in [4.78, 5) is 18.4. The lowest BCUT2D eigenvalue weighted by molar-refractivity contribution is 1.22. The molecule has 132 valence electrons. The van der Waals surface area contributed by atoms with E-state index in [0.717, 1.165) is 22.4 Å². The predicted molar refractivity (Wildman–Crippen MR) is 111 cm³/mol. The van der Waals surface area contributed by atoms with Crippen LogP contribution in [0.2, 0.25) is 10.0 Å². The second-order valence-corrected chi connectivity index (χ2v) is 6.73.